The van der Waals surface area contributed by atoms with Crippen LogP contribution in [-0.4, -0.2) is 57.3 Å². The highest BCUT2D eigenvalue weighted by Crippen LogP contribution is 2.32. The Morgan fingerprint density at radius 3 is 2.20 bits per heavy atom. The second-order valence-corrected chi connectivity index (χ2v) is 10.6. The third-order valence-corrected chi connectivity index (χ3v) is 5.54. The predicted octanol–water partition coefficient (Wildman–Crippen LogP) is 5.21. The van der Waals surface area contributed by atoms with E-state index in [4.69, 9.17) is 9.47 Å². The average molecular weight is 434 g/mol. The number of hydrogen-bond acceptors (Lipinski definition) is 6. The van der Waals surface area contributed by atoms with Gasteiger partial charge in [-0.15, -0.1) is 11.3 Å². The number of carbonyl (C=O) groups excluding carboxylic acids is 2. The van der Waals surface area contributed by atoms with E-state index in [1.165, 1.54) is 0 Å². The first-order valence-electron chi connectivity index (χ1n) is 10.2. The summed E-state index contributed by atoms with van der Waals surface area (Å²) in [5.41, 5.74) is 2.40. The van der Waals surface area contributed by atoms with E-state index in [9.17, 15) is 9.59 Å². The summed E-state index contributed by atoms with van der Waals surface area (Å²) in [6.07, 6.45) is -0.764. The van der Waals surface area contributed by atoms with E-state index in [0.717, 1.165) is 15.8 Å². The van der Waals surface area contributed by atoms with Gasteiger partial charge in [-0.2, -0.15) is 0 Å². The summed E-state index contributed by atoms with van der Waals surface area (Å²) >= 11 is 1.57. The number of benzene rings is 1. The van der Waals surface area contributed by atoms with Gasteiger partial charge in [-0.3, -0.25) is 4.90 Å². The molecule has 2 amide bonds. The molecule has 0 saturated carbocycles. The Balaban J connectivity index is 1.94. The van der Waals surface area contributed by atoms with Crippen molar-refractivity contribution in [2.24, 2.45) is 0 Å². The summed E-state index contributed by atoms with van der Waals surface area (Å²) in [5, 5.41) is 0. The summed E-state index contributed by atoms with van der Waals surface area (Å²) in [5.74, 6) is 0. The Morgan fingerprint density at radius 1 is 1.00 bits per heavy atom. The van der Waals surface area contributed by atoms with Gasteiger partial charge in [0.1, 0.15) is 11.2 Å². The van der Waals surface area contributed by atoms with E-state index in [0.29, 0.717) is 13.1 Å². The maximum atomic E-state index is 13.0. The molecule has 2 heterocycles. The van der Waals surface area contributed by atoms with Crippen molar-refractivity contribution in [1.29, 1.82) is 0 Å². The first-order valence-corrected chi connectivity index (χ1v) is 11.0. The number of nitrogens with zero attached hydrogens (tertiary/aromatic N) is 3. The average Bonchev–Trinajstić information content (AvgIpc) is 3.06. The quantitative estimate of drug-likeness (QED) is 0.617. The lowest BCUT2D eigenvalue weighted by atomic mass is 10.00. The van der Waals surface area contributed by atoms with Gasteiger partial charge in [0.25, 0.3) is 0 Å². The minimum atomic E-state index is -0.605. The van der Waals surface area contributed by atoms with Crippen molar-refractivity contribution in [3.8, 4) is 0 Å². The van der Waals surface area contributed by atoms with Crippen molar-refractivity contribution in [1.82, 2.24) is 14.8 Å². The highest BCUT2D eigenvalue weighted by molar-refractivity contribution is 7.16. The number of aromatic nitrogens is 1. The monoisotopic (exact) mass is 433 g/mol. The Hall–Kier alpha value is -2.35. The third-order valence-electron chi connectivity index (χ3n) is 4.73. The van der Waals surface area contributed by atoms with Gasteiger partial charge in [0.15, 0.2) is 0 Å². The lowest BCUT2D eigenvalue weighted by Crippen LogP contribution is -2.58. The molecule has 1 aromatic carbocycles. The molecule has 7 nitrogen and oxygen atoms in total. The zero-order valence-corrected chi connectivity index (χ0v) is 19.6. The molecule has 0 bridgehead atoms. The largest absolute Gasteiger partial charge is 0.444 e. The number of rotatable bonds is 1. The van der Waals surface area contributed by atoms with E-state index in [-0.39, 0.29) is 24.3 Å². The Morgan fingerprint density at radius 2 is 1.60 bits per heavy atom. The van der Waals surface area contributed by atoms with Gasteiger partial charge in [0.05, 0.1) is 27.8 Å². The fourth-order valence-electron chi connectivity index (χ4n) is 3.44. The molecule has 2 atom stereocenters. The molecule has 0 radical (unpaired) electrons. The minimum Gasteiger partial charge on any atom is -0.444 e. The Bertz CT molecular complexity index is 928. The smallest absolute Gasteiger partial charge is 0.410 e. The van der Waals surface area contributed by atoms with Gasteiger partial charge in [0, 0.05) is 13.1 Å². The van der Waals surface area contributed by atoms with Crippen LogP contribution in [0.5, 0.6) is 0 Å². The maximum Gasteiger partial charge on any atom is 0.410 e. The first-order chi connectivity index (χ1) is 13.8. The molecule has 0 unspecified atom stereocenters. The summed E-state index contributed by atoms with van der Waals surface area (Å²) in [6.45, 7) is 13.7. The number of ether oxygens (including phenoxy) is 2. The van der Waals surface area contributed by atoms with Crippen molar-refractivity contribution in [3.05, 3.63) is 29.3 Å². The van der Waals surface area contributed by atoms with Gasteiger partial charge >= 0.3 is 12.2 Å². The first kappa shape index (κ1) is 22.3. The van der Waals surface area contributed by atoms with E-state index < -0.39 is 11.2 Å². The molecule has 0 aliphatic carbocycles. The van der Waals surface area contributed by atoms with Gasteiger partial charge in [0.2, 0.25) is 0 Å². The van der Waals surface area contributed by atoms with Crippen molar-refractivity contribution in [3.63, 3.8) is 0 Å². The number of thiazole rings is 1. The molecule has 0 N–H and O–H groups in total. The minimum absolute atomic E-state index is 0.202. The molecule has 1 fully saturated rings. The van der Waals surface area contributed by atoms with Crippen LogP contribution in [0.1, 0.15) is 60.1 Å². The standard InChI is InChI=1S/C22H31N3O4S/c1-14-11-25(20(27)29-22(5,6)7)17(12-24(14)19(26)28-21(2,3)4)15-8-9-18-16(10-15)23-13-30-18/h8-10,13-14,17H,11-12H2,1-7H3/t14-,17-/m0/s1. The zero-order valence-electron chi connectivity index (χ0n) is 18.8. The summed E-state index contributed by atoms with van der Waals surface area (Å²) in [6, 6.07) is 5.43. The van der Waals surface area contributed by atoms with Crippen molar-refractivity contribution >= 4 is 33.7 Å². The SMILES string of the molecule is C[C@H]1CN(C(=O)OC(C)(C)C)[C@H](c2ccc3scnc3c2)CN1C(=O)OC(C)(C)C. The molecule has 1 aliphatic rings. The molecule has 2 aromatic rings. The third kappa shape index (κ3) is 5.22. The van der Waals surface area contributed by atoms with Crippen LogP contribution in [0.3, 0.4) is 0 Å². The van der Waals surface area contributed by atoms with Gasteiger partial charge < -0.3 is 14.4 Å². The van der Waals surface area contributed by atoms with Crippen LogP contribution in [0.25, 0.3) is 10.2 Å². The molecule has 8 heteroatoms. The second-order valence-electron chi connectivity index (χ2n) is 9.71. The van der Waals surface area contributed by atoms with Crippen molar-refractivity contribution in [2.45, 2.75) is 71.8 Å². The molecular formula is C22H31N3O4S. The van der Waals surface area contributed by atoms with Gasteiger partial charge in [-0.1, -0.05) is 6.07 Å². The molecule has 1 aliphatic heterocycles. The van der Waals surface area contributed by atoms with E-state index in [1.54, 1.807) is 26.6 Å². The number of piperazine rings is 1. The lowest BCUT2D eigenvalue weighted by Gasteiger charge is -2.45. The van der Waals surface area contributed by atoms with Crippen LogP contribution >= 0.6 is 11.3 Å². The van der Waals surface area contributed by atoms with Crippen LogP contribution < -0.4 is 0 Å². The number of hydrogen-bond donors (Lipinski definition) is 0. The van der Waals surface area contributed by atoms with Crippen LogP contribution in [0.2, 0.25) is 0 Å². The van der Waals surface area contributed by atoms with Gasteiger partial charge in [-0.05, 0) is 66.2 Å². The molecular weight excluding hydrogens is 402 g/mol. The molecule has 1 saturated heterocycles. The van der Waals surface area contributed by atoms with Gasteiger partial charge in [-0.25, -0.2) is 14.6 Å². The zero-order chi connectivity index (χ0) is 22.3. The normalized spacial score (nSPS) is 20.4. The highest BCUT2D eigenvalue weighted by Gasteiger charge is 2.40. The molecule has 0 spiro atoms. The molecule has 30 heavy (non-hydrogen) atoms. The Kier molecular flexibility index (Phi) is 6.00. The van der Waals surface area contributed by atoms with Crippen LogP contribution in [0.15, 0.2) is 23.7 Å². The Labute approximate surface area is 182 Å². The number of carbonyl (C=O) groups is 2. The highest BCUT2D eigenvalue weighted by atomic mass is 32.1. The topological polar surface area (TPSA) is 72.0 Å². The number of amides is 2. The lowest BCUT2D eigenvalue weighted by molar-refractivity contribution is -0.0283. The van der Waals surface area contributed by atoms with Crippen molar-refractivity contribution < 1.29 is 19.1 Å². The van der Waals surface area contributed by atoms with E-state index in [2.05, 4.69) is 4.98 Å². The maximum absolute atomic E-state index is 13.0. The van der Waals surface area contributed by atoms with Crippen LogP contribution in [-0.2, 0) is 9.47 Å². The summed E-state index contributed by atoms with van der Waals surface area (Å²) in [4.78, 5) is 33.7. The van der Waals surface area contributed by atoms with Crippen LogP contribution in [0.4, 0.5) is 9.59 Å². The van der Waals surface area contributed by atoms with E-state index >= 15 is 0 Å². The molecule has 1 aromatic heterocycles. The fraction of sp³-hybridized carbons (Fsp3) is 0.591. The molecule has 164 valence electrons. The number of fused-ring (bicyclic) bond motifs is 1. The van der Waals surface area contributed by atoms with Crippen molar-refractivity contribution in [2.75, 3.05) is 13.1 Å². The summed E-state index contributed by atoms with van der Waals surface area (Å²) < 4.78 is 12.4. The van der Waals surface area contributed by atoms with E-state index in [1.807, 2.05) is 66.7 Å². The summed E-state index contributed by atoms with van der Waals surface area (Å²) in [7, 11) is 0. The molecule has 3 rings (SSSR count). The van der Waals surface area contributed by atoms with Crippen LogP contribution in [0, 0.1) is 0 Å². The fourth-order valence-corrected chi connectivity index (χ4v) is 4.10. The second kappa shape index (κ2) is 8.06. The predicted molar refractivity (Wildman–Crippen MR) is 118 cm³/mol.